The van der Waals surface area contributed by atoms with Gasteiger partial charge in [-0.05, 0) is 12.1 Å². The van der Waals surface area contributed by atoms with Gasteiger partial charge in [0, 0.05) is 37.1 Å². The lowest BCUT2D eigenvalue weighted by molar-refractivity contribution is 0.122. The van der Waals surface area contributed by atoms with Gasteiger partial charge in [-0.25, -0.2) is 28.7 Å². The van der Waals surface area contributed by atoms with Crippen LogP contribution in [0.15, 0.2) is 43.0 Å². The summed E-state index contributed by atoms with van der Waals surface area (Å²) in [5.41, 5.74) is 1.44. The van der Waals surface area contributed by atoms with Crippen molar-refractivity contribution in [1.82, 2.24) is 29.5 Å². The predicted octanol–water partition coefficient (Wildman–Crippen LogP) is 2.75. The molecular weight excluding hydrogens is 408 g/mol. The van der Waals surface area contributed by atoms with E-state index in [-0.39, 0.29) is 22.7 Å². The van der Waals surface area contributed by atoms with Crippen molar-refractivity contribution in [3.63, 3.8) is 0 Å². The SMILES string of the molecule is Oc1cccc2c1nc(C(F)F)n2-c1nc(-c2cncnc2)cc(N2CCOCC2)n1. The quantitative estimate of drug-likeness (QED) is 0.533. The van der Waals surface area contributed by atoms with Crippen LogP contribution in [0.4, 0.5) is 14.6 Å². The lowest BCUT2D eigenvalue weighted by atomic mass is 10.2. The molecule has 1 fully saturated rings. The number of hydrogen-bond donors (Lipinski definition) is 1. The Bertz CT molecular complexity index is 1230. The van der Waals surface area contributed by atoms with E-state index in [1.807, 2.05) is 4.90 Å². The van der Waals surface area contributed by atoms with Crippen LogP contribution in [0, 0.1) is 0 Å². The van der Waals surface area contributed by atoms with Crippen molar-refractivity contribution < 1.29 is 18.6 Å². The van der Waals surface area contributed by atoms with Gasteiger partial charge in [0.1, 0.15) is 23.4 Å². The smallest absolute Gasteiger partial charge is 0.296 e. The highest BCUT2D eigenvalue weighted by atomic mass is 19.3. The van der Waals surface area contributed by atoms with Crippen molar-refractivity contribution in [3.05, 3.63) is 48.8 Å². The number of halogens is 2. The Morgan fingerprint density at radius 3 is 2.55 bits per heavy atom. The normalized spacial score (nSPS) is 14.5. The number of hydrogen-bond acceptors (Lipinski definition) is 8. The van der Waals surface area contributed by atoms with E-state index in [4.69, 9.17) is 4.74 Å². The summed E-state index contributed by atoms with van der Waals surface area (Å²) >= 11 is 0. The van der Waals surface area contributed by atoms with Crippen molar-refractivity contribution in [1.29, 1.82) is 0 Å². The van der Waals surface area contributed by atoms with Gasteiger partial charge in [-0.3, -0.25) is 4.57 Å². The molecule has 0 atom stereocenters. The first-order valence-electron chi connectivity index (χ1n) is 9.58. The molecule has 1 aliphatic rings. The maximum atomic E-state index is 13.9. The number of alkyl halides is 2. The average molecular weight is 425 g/mol. The van der Waals surface area contributed by atoms with Crippen LogP contribution < -0.4 is 4.90 Å². The molecule has 0 amide bonds. The second-order valence-electron chi connectivity index (χ2n) is 6.89. The van der Waals surface area contributed by atoms with Crippen molar-refractivity contribution in [2.45, 2.75) is 6.43 Å². The van der Waals surface area contributed by atoms with Gasteiger partial charge in [-0.15, -0.1) is 0 Å². The molecule has 1 saturated heterocycles. The van der Waals surface area contributed by atoms with Crippen LogP contribution in [0.5, 0.6) is 5.75 Å². The summed E-state index contributed by atoms with van der Waals surface area (Å²) in [6, 6.07) is 6.31. The fourth-order valence-electron chi connectivity index (χ4n) is 3.51. The maximum absolute atomic E-state index is 13.9. The molecule has 0 spiro atoms. The van der Waals surface area contributed by atoms with E-state index in [2.05, 4.69) is 24.9 Å². The molecule has 0 saturated carbocycles. The first kappa shape index (κ1) is 19.2. The molecule has 1 N–H and O–H groups in total. The van der Waals surface area contributed by atoms with Crippen molar-refractivity contribution >= 4 is 16.9 Å². The molecule has 0 bridgehead atoms. The van der Waals surface area contributed by atoms with Crippen molar-refractivity contribution in [2.24, 2.45) is 0 Å². The number of phenolic OH excluding ortho intramolecular Hbond substituents is 1. The second-order valence-corrected chi connectivity index (χ2v) is 6.89. The van der Waals surface area contributed by atoms with E-state index >= 15 is 0 Å². The number of rotatable bonds is 4. The van der Waals surface area contributed by atoms with Crippen LogP contribution in [0.3, 0.4) is 0 Å². The number of aromatic hydroxyl groups is 1. The van der Waals surface area contributed by atoms with E-state index in [0.717, 1.165) is 0 Å². The Kier molecular flexibility index (Phi) is 4.86. The predicted molar refractivity (Wildman–Crippen MR) is 107 cm³/mol. The highest BCUT2D eigenvalue weighted by Crippen LogP contribution is 2.32. The molecule has 158 valence electrons. The highest BCUT2D eigenvalue weighted by Gasteiger charge is 2.25. The number of anilines is 1. The molecule has 9 nitrogen and oxygen atoms in total. The van der Waals surface area contributed by atoms with E-state index < -0.39 is 12.2 Å². The summed E-state index contributed by atoms with van der Waals surface area (Å²) in [5.74, 6) is -0.161. The molecular formula is C20H17F2N7O2. The number of fused-ring (bicyclic) bond motifs is 1. The fourth-order valence-corrected chi connectivity index (χ4v) is 3.51. The van der Waals surface area contributed by atoms with Crippen LogP contribution in [-0.4, -0.2) is 60.9 Å². The topological polar surface area (TPSA) is 102 Å². The summed E-state index contributed by atoms with van der Waals surface area (Å²) in [6.45, 7) is 2.28. The minimum absolute atomic E-state index is 0.0197. The number of aromatic nitrogens is 6. The lowest BCUT2D eigenvalue weighted by Gasteiger charge is -2.28. The molecule has 4 aromatic rings. The summed E-state index contributed by atoms with van der Waals surface area (Å²) in [7, 11) is 0. The van der Waals surface area contributed by atoms with Gasteiger partial charge in [-0.1, -0.05) is 6.07 Å². The summed E-state index contributed by atoms with van der Waals surface area (Å²) in [5, 5.41) is 10.1. The minimum atomic E-state index is -2.90. The van der Waals surface area contributed by atoms with Crippen molar-refractivity contribution in [3.8, 4) is 23.0 Å². The third kappa shape index (κ3) is 3.52. The van der Waals surface area contributed by atoms with Gasteiger partial charge in [0.15, 0.2) is 5.82 Å². The summed E-state index contributed by atoms with van der Waals surface area (Å²) in [6.07, 6.45) is 1.68. The van der Waals surface area contributed by atoms with E-state index in [0.29, 0.717) is 43.4 Å². The molecule has 0 unspecified atom stereocenters. The third-order valence-electron chi connectivity index (χ3n) is 4.98. The minimum Gasteiger partial charge on any atom is -0.506 e. The highest BCUT2D eigenvalue weighted by molar-refractivity contribution is 5.83. The van der Waals surface area contributed by atoms with Crippen LogP contribution in [0.1, 0.15) is 12.2 Å². The molecule has 31 heavy (non-hydrogen) atoms. The van der Waals surface area contributed by atoms with Crippen molar-refractivity contribution in [2.75, 3.05) is 31.2 Å². The van der Waals surface area contributed by atoms with Crippen LogP contribution in [0.25, 0.3) is 28.2 Å². The Morgan fingerprint density at radius 2 is 1.81 bits per heavy atom. The molecule has 0 aliphatic carbocycles. The number of imidazole rings is 1. The standard InChI is InChI=1S/C20H17F2N7O2/c21-18(22)19-27-17-14(2-1-3-15(17)30)29(19)20-25-13(12-9-23-11-24-10-12)8-16(26-20)28-4-6-31-7-5-28/h1-3,8-11,18,30H,4-7H2. The van der Waals surface area contributed by atoms with Crippen LogP contribution in [0.2, 0.25) is 0 Å². The largest absolute Gasteiger partial charge is 0.506 e. The Morgan fingerprint density at radius 1 is 1.03 bits per heavy atom. The van der Waals surface area contributed by atoms with Crippen LogP contribution in [-0.2, 0) is 4.74 Å². The average Bonchev–Trinajstić information content (AvgIpc) is 3.21. The first-order chi connectivity index (χ1) is 15.1. The Labute approximate surface area is 175 Å². The van der Waals surface area contributed by atoms with E-state index in [1.165, 1.54) is 17.0 Å². The molecule has 0 radical (unpaired) electrons. The zero-order valence-corrected chi connectivity index (χ0v) is 16.2. The summed E-state index contributed by atoms with van der Waals surface area (Å²) < 4.78 is 34.4. The number of para-hydroxylation sites is 1. The fraction of sp³-hybridized carbons (Fsp3) is 0.250. The van der Waals surface area contributed by atoms with E-state index in [9.17, 15) is 13.9 Å². The number of nitrogens with zero attached hydrogens (tertiary/aromatic N) is 7. The van der Waals surface area contributed by atoms with Crippen LogP contribution >= 0.6 is 0 Å². The molecule has 1 aliphatic heterocycles. The Balaban J connectivity index is 1.76. The van der Waals surface area contributed by atoms with Gasteiger partial charge in [0.2, 0.25) is 5.95 Å². The monoisotopic (exact) mass is 425 g/mol. The lowest BCUT2D eigenvalue weighted by Crippen LogP contribution is -2.37. The number of ether oxygens (including phenoxy) is 1. The van der Waals surface area contributed by atoms with Gasteiger partial charge < -0.3 is 14.7 Å². The number of benzene rings is 1. The summed E-state index contributed by atoms with van der Waals surface area (Å²) in [4.78, 5) is 23.1. The maximum Gasteiger partial charge on any atom is 0.296 e. The number of phenols is 1. The molecule has 4 heterocycles. The van der Waals surface area contributed by atoms with Gasteiger partial charge in [0.05, 0.1) is 24.4 Å². The molecule has 5 rings (SSSR count). The molecule has 3 aromatic heterocycles. The molecule has 11 heteroatoms. The van der Waals surface area contributed by atoms with E-state index in [1.54, 1.807) is 30.6 Å². The van der Waals surface area contributed by atoms with Gasteiger partial charge >= 0.3 is 0 Å². The zero-order chi connectivity index (χ0) is 21.4. The Hall–Kier alpha value is -3.73. The third-order valence-corrected chi connectivity index (χ3v) is 4.98. The number of morpholine rings is 1. The van der Waals surface area contributed by atoms with Gasteiger partial charge in [0.25, 0.3) is 6.43 Å². The molecule has 1 aromatic carbocycles. The zero-order valence-electron chi connectivity index (χ0n) is 16.2. The second kappa shape index (κ2) is 7.84. The van der Waals surface area contributed by atoms with Gasteiger partial charge in [-0.2, -0.15) is 4.98 Å². The first-order valence-corrected chi connectivity index (χ1v) is 9.58.